The van der Waals surface area contributed by atoms with E-state index in [9.17, 15) is 4.79 Å². The Kier molecular flexibility index (Phi) is 4.24. The highest BCUT2D eigenvalue weighted by atomic mass is 31.2. The molecule has 2 aromatic carbocycles. The molecule has 2 aromatic rings. The van der Waals surface area contributed by atoms with E-state index in [0.717, 1.165) is 0 Å². The third-order valence-electron chi connectivity index (χ3n) is 3.15. The molecule has 0 saturated carbocycles. The summed E-state index contributed by atoms with van der Waals surface area (Å²) in [4.78, 5) is 11.7. The molecule has 0 heterocycles. The van der Waals surface area contributed by atoms with Crippen molar-refractivity contribution in [3.63, 3.8) is 0 Å². The molecule has 19 heavy (non-hydrogen) atoms. The minimum atomic E-state index is -1.85. The van der Waals surface area contributed by atoms with E-state index < -0.39 is 6.89 Å². The molecule has 98 valence electrons. The number of carbonyl (C=O) groups is 1. The molecule has 0 amide bonds. The van der Waals surface area contributed by atoms with Crippen LogP contribution in [0.25, 0.3) is 0 Å². The number of carbonyl (C=O) groups excluding carboxylic acids is 1. The Bertz CT molecular complexity index is 560. The van der Waals surface area contributed by atoms with E-state index in [1.54, 1.807) is 5.80 Å². The molecule has 3 heteroatoms. The van der Waals surface area contributed by atoms with Gasteiger partial charge in [0.25, 0.3) is 0 Å². The van der Waals surface area contributed by atoms with Crippen LogP contribution in [0.5, 0.6) is 0 Å². The predicted molar refractivity (Wildman–Crippen MR) is 83.1 cm³/mol. The van der Waals surface area contributed by atoms with Crippen LogP contribution in [-0.4, -0.2) is 25.5 Å². The summed E-state index contributed by atoms with van der Waals surface area (Å²) >= 11 is 0. The zero-order valence-electron chi connectivity index (χ0n) is 11.1. The normalized spacial score (nSPS) is 10.8. The highest BCUT2D eigenvalue weighted by Gasteiger charge is 2.18. The van der Waals surface area contributed by atoms with Crippen molar-refractivity contribution in [1.29, 1.82) is 0 Å². The Labute approximate surface area is 114 Å². The van der Waals surface area contributed by atoms with Crippen molar-refractivity contribution in [1.82, 2.24) is 0 Å². The third-order valence-corrected chi connectivity index (χ3v) is 6.62. The molecule has 2 nitrogen and oxygen atoms in total. The highest BCUT2D eigenvalue weighted by molar-refractivity contribution is 7.88. The summed E-state index contributed by atoms with van der Waals surface area (Å²) in [7, 11) is 1.42. The lowest BCUT2D eigenvalue weighted by molar-refractivity contribution is -0.132. The van der Waals surface area contributed by atoms with Crippen molar-refractivity contribution >= 4 is 29.3 Å². The first-order chi connectivity index (χ1) is 9.16. The standard InChI is InChI=1S/C16H17O2P/c1-18-16(17)13-19(2,14-9-5-3-6-10-14)15-11-7-4-8-12-15/h3-13H,1-2H3. The zero-order chi connectivity index (χ0) is 13.7. The minimum Gasteiger partial charge on any atom is -0.466 e. The van der Waals surface area contributed by atoms with Gasteiger partial charge in [0.2, 0.25) is 0 Å². The van der Waals surface area contributed by atoms with Crippen molar-refractivity contribution in [2.75, 3.05) is 13.8 Å². The van der Waals surface area contributed by atoms with Gasteiger partial charge in [-0.3, -0.25) is 0 Å². The van der Waals surface area contributed by atoms with E-state index in [1.807, 2.05) is 36.4 Å². The van der Waals surface area contributed by atoms with Gasteiger partial charge in [0, 0.05) is 5.80 Å². The van der Waals surface area contributed by atoms with E-state index in [-0.39, 0.29) is 5.97 Å². The first-order valence-corrected chi connectivity index (χ1v) is 8.38. The fraction of sp³-hybridized carbons (Fsp3) is 0.125. The molecule has 0 spiro atoms. The van der Waals surface area contributed by atoms with Crippen molar-refractivity contribution in [2.45, 2.75) is 0 Å². The highest BCUT2D eigenvalue weighted by Crippen LogP contribution is 2.39. The molecule has 0 aliphatic carbocycles. The Hall–Kier alpha value is -1.79. The van der Waals surface area contributed by atoms with Gasteiger partial charge in [0.1, 0.15) is 0 Å². The van der Waals surface area contributed by atoms with Crippen LogP contribution in [0, 0.1) is 0 Å². The summed E-state index contributed by atoms with van der Waals surface area (Å²) in [5.41, 5.74) is 0. The number of benzene rings is 2. The lowest BCUT2D eigenvalue weighted by atomic mass is 10.4. The smallest absolute Gasteiger partial charge is 0.331 e. The fourth-order valence-electron chi connectivity index (χ4n) is 2.04. The molecule has 0 radical (unpaired) electrons. The van der Waals surface area contributed by atoms with Crippen LogP contribution in [0.1, 0.15) is 0 Å². The zero-order valence-corrected chi connectivity index (χ0v) is 12.0. The van der Waals surface area contributed by atoms with Crippen LogP contribution >= 0.6 is 6.89 Å². The third kappa shape index (κ3) is 2.97. The van der Waals surface area contributed by atoms with Crippen molar-refractivity contribution in [3.8, 4) is 0 Å². The fourth-order valence-corrected chi connectivity index (χ4v) is 4.74. The van der Waals surface area contributed by atoms with Crippen LogP contribution in [0.3, 0.4) is 0 Å². The number of rotatable bonds is 3. The molecule has 0 saturated heterocycles. The first kappa shape index (κ1) is 13.6. The molecule has 2 rings (SSSR count). The van der Waals surface area contributed by atoms with Gasteiger partial charge in [-0.15, -0.1) is 0 Å². The van der Waals surface area contributed by atoms with E-state index in [4.69, 9.17) is 4.74 Å². The average Bonchev–Trinajstić information content (AvgIpc) is 2.48. The molecular formula is C16H17O2P. The summed E-state index contributed by atoms with van der Waals surface area (Å²) in [6.45, 7) is 0.287. The number of esters is 1. The second-order valence-corrected chi connectivity index (χ2v) is 7.84. The maximum atomic E-state index is 11.7. The van der Waals surface area contributed by atoms with E-state index >= 15 is 0 Å². The van der Waals surface area contributed by atoms with Gasteiger partial charge < -0.3 is 4.74 Å². The van der Waals surface area contributed by atoms with Gasteiger partial charge >= 0.3 is 5.97 Å². The molecular weight excluding hydrogens is 255 g/mol. The summed E-state index contributed by atoms with van der Waals surface area (Å²) in [5.74, 6) is 1.46. The largest absolute Gasteiger partial charge is 0.466 e. The molecule has 0 atom stereocenters. The number of hydrogen-bond donors (Lipinski definition) is 0. The Morgan fingerprint density at radius 1 is 0.947 bits per heavy atom. The number of ether oxygens (including phenoxy) is 1. The summed E-state index contributed by atoms with van der Waals surface area (Å²) < 4.78 is 4.82. The summed E-state index contributed by atoms with van der Waals surface area (Å²) in [5, 5.41) is 2.35. The molecule has 0 bridgehead atoms. The lowest BCUT2D eigenvalue weighted by Crippen LogP contribution is -2.19. The van der Waals surface area contributed by atoms with Crippen LogP contribution in [0.15, 0.2) is 60.7 Å². The molecule has 0 N–H and O–H groups in total. The van der Waals surface area contributed by atoms with E-state index in [1.165, 1.54) is 17.7 Å². The van der Waals surface area contributed by atoms with E-state index in [2.05, 4.69) is 30.9 Å². The first-order valence-electron chi connectivity index (χ1n) is 6.08. The molecule has 0 aliphatic heterocycles. The minimum absolute atomic E-state index is 0.275. The summed E-state index contributed by atoms with van der Waals surface area (Å²) in [6, 6.07) is 20.3. The SMILES string of the molecule is COC(=O)C=P(C)(c1ccccc1)c1ccccc1. The van der Waals surface area contributed by atoms with Gasteiger partial charge in [-0.25, -0.2) is 4.79 Å². The van der Waals surface area contributed by atoms with E-state index in [0.29, 0.717) is 0 Å². The van der Waals surface area contributed by atoms with Crippen LogP contribution in [0.2, 0.25) is 0 Å². The quantitative estimate of drug-likeness (QED) is 0.633. The molecule has 0 aliphatic rings. The van der Waals surface area contributed by atoms with Gasteiger partial charge in [0.15, 0.2) is 0 Å². The van der Waals surface area contributed by atoms with Crippen LogP contribution < -0.4 is 10.6 Å². The molecule has 0 unspecified atom stereocenters. The predicted octanol–water partition coefficient (Wildman–Crippen LogP) is 2.26. The van der Waals surface area contributed by atoms with Gasteiger partial charge in [-0.1, -0.05) is 60.7 Å². The van der Waals surface area contributed by atoms with Gasteiger partial charge in [0.05, 0.1) is 7.11 Å². The van der Waals surface area contributed by atoms with Crippen molar-refractivity contribution < 1.29 is 9.53 Å². The van der Waals surface area contributed by atoms with Crippen molar-refractivity contribution in [3.05, 3.63) is 60.7 Å². The maximum absolute atomic E-state index is 11.7. The summed E-state index contributed by atoms with van der Waals surface area (Å²) in [6.07, 6.45) is 0. The molecule has 0 aromatic heterocycles. The maximum Gasteiger partial charge on any atom is 0.331 e. The van der Waals surface area contributed by atoms with Crippen LogP contribution in [-0.2, 0) is 9.53 Å². The van der Waals surface area contributed by atoms with Crippen LogP contribution in [0.4, 0.5) is 0 Å². The van der Waals surface area contributed by atoms with Gasteiger partial charge in [-0.05, 0) is 24.2 Å². The number of hydrogen-bond acceptors (Lipinski definition) is 2. The Morgan fingerprint density at radius 2 is 1.37 bits per heavy atom. The monoisotopic (exact) mass is 272 g/mol. The Balaban J connectivity index is 2.65. The second-order valence-electron chi connectivity index (χ2n) is 4.40. The lowest BCUT2D eigenvalue weighted by Gasteiger charge is -2.22. The topological polar surface area (TPSA) is 26.3 Å². The second kappa shape index (κ2) is 5.90. The molecule has 0 fully saturated rings. The Morgan fingerprint density at radius 3 is 1.74 bits per heavy atom. The van der Waals surface area contributed by atoms with Gasteiger partial charge in [-0.2, -0.15) is 0 Å². The van der Waals surface area contributed by atoms with Crippen molar-refractivity contribution in [2.24, 2.45) is 0 Å². The number of methoxy groups -OCH3 is 1. The average molecular weight is 272 g/mol.